The fourth-order valence-electron chi connectivity index (χ4n) is 6.82. The molecular formula is C20H32O3. The fourth-order valence-corrected chi connectivity index (χ4v) is 6.82. The van der Waals surface area contributed by atoms with Crippen LogP contribution >= 0.6 is 0 Å². The monoisotopic (exact) mass is 320 g/mol. The van der Waals surface area contributed by atoms with E-state index in [9.17, 15) is 10.2 Å². The maximum Gasteiger partial charge on any atom is 0.0855 e. The molecule has 3 saturated carbocycles. The molecule has 3 heteroatoms. The maximum atomic E-state index is 10.5. The van der Waals surface area contributed by atoms with E-state index in [-0.39, 0.29) is 5.41 Å². The average Bonchev–Trinajstić information content (AvgIpc) is 2.78. The number of fused-ring (bicyclic) bond motifs is 5. The predicted octanol–water partition coefficient (Wildman–Crippen LogP) is 3.30. The van der Waals surface area contributed by atoms with E-state index in [1.807, 2.05) is 7.11 Å². The number of hydrogen-bond acceptors (Lipinski definition) is 3. The molecule has 3 fully saturated rings. The van der Waals surface area contributed by atoms with Gasteiger partial charge in [-0.15, -0.1) is 0 Å². The third-order valence-corrected chi connectivity index (χ3v) is 8.37. The summed E-state index contributed by atoms with van der Waals surface area (Å²) < 4.78 is 5.63. The summed E-state index contributed by atoms with van der Waals surface area (Å²) in [4.78, 5) is 0. The second kappa shape index (κ2) is 5.31. The highest BCUT2D eigenvalue weighted by molar-refractivity contribution is 5.25. The summed E-state index contributed by atoms with van der Waals surface area (Å²) in [7, 11) is 1.84. The molecular weight excluding hydrogens is 288 g/mol. The van der Waals surface area contributed by atoms with Gasteiger partial charge in [-0.1, -0.05) is 25.5 Å². The molecule has 0 spiro atoms. The molecule has 8 atom stereocenters. The Kier molecular flexibility index (Phi) is 3.72. The van der Waals surface area contributed by atoms with Crippen LogP contribution in [-0.2, 0) is 4.74 Å². The topological polar surface area (TPSA) is 49.7 Å². The minimum atomic E-state index is -0.532. The van der Waals surface area contributed by atoms with E-state index in [1.165, 1.54) is 19.3 Å². The van der Waals surface area contributed by atoms with Gasteiger partial charge in [0.15, 0.2) is 0 Å². The number of hydrogen-bond donors (Lipinski definition) is 2. The summed E-state index contributed by atoms with van der Waals surface area (Å²) >= 11 is 0. The van der Waals surface area contributed by atoms with Gasteiger partial charge in [0.05, 0.1) is 18.3 Å². The largest absolute Gasteiger partial charge is 0.390 e. The molecule has 0 aromatic carbocycles. The summed E-state index contributed by atoms with van der Waals surface area (Å²) in [6, 6.07) is 0. The Labute approximate surface area is 140 Å². The van der Waals surface area contributed by atoms with Crippen LogP contribution in [0.25, 0.3) is 0 Å². The summed E-state index contributed by atoms with van der Waals surface area (Å²) in [5.41, 5.74) is 1.86. The Hall–Kier alpha value is -0.380. The zero-order valence-corrected chi connectivity index (χ0v) is 14.8. The molecule has 3 nitrogen and oxygen atoms in total. The summed E-state index contributed by atoms with van der Waals surface area (Å²) in [5.74, 6) is 1.82. The van der Waals surface area contributed by atoms with E-state index in [0.717, 1.165) is 31.6 Å². The van der Waals surface area contributed by atoms with Crippen LogP contribution in [0, 0.1) is 28.6 Å². The van der Waals surface area contributed by atoms with Crippen LogP contribution < -0.4 is 0 Å². The van der Waals surface area contributed by atoms with E-state index >= 15 is 0 Å². The minimum Gasteiger partial charge on any atom is -0.390 e. The molecule has 4 aliphatic carbocycles. The van der Waals surface area contributed by atoms with Crippen molar-refractivity contribution < 1.29 is 14.9 Å². The molecule has 4 rings (SSSR count). The molecule has 0 radical (unpaired) electrons. The van der Waals surface area contributed by atoms with E-state index in [2.05, 4.69) is 19.9 Å². The second-order valence-electron chi connectivity index (χ2n) is 9.15. The van der Waals surface area contributed by atoms with Gasteiger partial charge in [-0.3, -0.25) is 0 Å². The van der Waals surface area contributed by atoms with Crippen LogP contribution in [0.2, 0.25) is 0 Å². The van der Waals surface area contributed by atoms with Crippen molar-refractivity contribution >= 4 is 0 Å². The zero-order chi connectivity index (χ0) is 16.4. The minimum absolute atomic E-state index is 0.0774. The van der Waals surface area contributed by atoms with Crippen molar-refractivity contribution in [1.82, 2.24) is 0 Å². The number of aliphatic hydroxyl groups excluding tert-OH is 2. The van der Waals surface area contributed by atoms with Crippen molar-refractivity contribution in [3.63, 3.8) is 0 Å². The molecule has 0 amide bonds. The number of rotatable bonds is 1. The lowest BCUT2D eigenvalue weighted by Crippen LogP contribution is -2.51. The molecule has 0 aliphatic heterocycles. The number of ether oxygens (including phenoxy) is 1. The van der Waals surface area contributed by atoms with Crippen LogP contribution in [0.15, 0.2) is 11.6 Å². The van der Waals surface area contributed by atoms with Gasteiger partial charge in [0.2, 0.25) is 0 Å². The average molecular weight is 320 g/mol. The van der Waals surface area contributed by atoms with Crippen molar-refractivity contribution in [3.05, 3.63) is 11.6 Å². The molecule has 0 heterocycles. The Morgan fingerprint density at radius 2 is 1.91 bits per heavy atom. The van der Waals surface area contributed by atoms with Crippen molar-refractivity contribution in [2.45, 2.75) is 77.1 Å². The van der Waals surface area contributed by atoms with E-state index < -0.39 is 12.2 Å². The highest BCUT2D eigenvalue weighted by Crippen LogP contribution is 2.64. The highest BCUT2D eigenvalue weighted by Gasteiger charge is 2.60. The van der Waals surface area contributed by atoms with Gasteiger partial charge in [-0.25, -0.2) is 0 Å². The number of methoxy groups -OCH3 is 1. The van der Waals surface area contributed by atoms with Crippen molar-refractivity contribution in [1.29, 1.82) is 0 Å². The van der Waals surface area contributed by atoms with Gasteiger partial charge in [0.25, 0.3) is 0 Å². The van der Waals surface area contributed by atoms with Crippen molar-refractivity contribution in [2.75, 3.05) is 7.11 Å². The third-order valence-electron chi connectivity index (χ3n) is 8.37. The molecule has 0 saturated heterocycles. The second-order valence-corrected chi connectivity index (χ2v) is 9.15. The predicted molar refractivity (Wildman–Crippen MR) is 89.9 cm³/mol. The lowest BCUT2D eigenvalue weighted by atomic mass is 9.48. The number of allylic oxidation sites excluding steroid dienone is 1. The Morgan fingerprint density at radius 3 is 2.65 bits per heavy atom. The summed E-state index contributed by atoms with van der Waals surface area (Å²) in [5, 5.41) is 20.8. The van der Waals surface area contributed by atoms with Gasteiger partial charge in [-0.2, -0.15) is 0 Å². The Bertz CT molecular complexity index is 515. The van der Waals surface area contributed by atoms with Crippen molar-refractivity contribution in [2.24, 2.45) is 28.6 Å². The van der Waals surface area contributed by atoms with Crippen LogP contribution in [0.3, 0.4) is 0 Å². The molecule has 130 valence electrons. The zero-order valence-electron chi connectivity index (χ0n) is 14.8. The molecule has 23 heavy (non-hydrogen) atoms. The quantitative estimate of drug-likeness (QED) is 0.729. The SMILES string of the molecule is COC1CCC2(C)C(=CCC3C2CCC2(C)C(O)C(O)CC32)C1. The van der Waals surface area contributed by atoms with Gasteiger partial charge in [0, 0.05) is 7.11 Å². The van der Waals surface area contributed by atoms with Crippen LogP contribution in [0.1, 0.15) is 58.8 Å². The third kappa shape index (κ3) is 2.12. The maximum absolute atomic E-state index is 10.5. The van der Waals surface area contributed by atoms with Crippen LogP contribution in [-0.4, -0.2) is 35.6 Å². The first-order valence-corrected chi connectivity index (χ1v) is 9.48. The van der Waals surface area contributed by atoms with Crippen LogP contribution in [0.4, 0.5) is 0 Å². The van der Waals surface area contributed by atoms with Crippen molar-refractivity contribution in [3.8, 4) is 0 Å². The smallest absolute Gasteiger partial charge is 0.0855 e. The van der Waals surface area contributed by atoms with E-state index in [0.29, 0.717) is 23.4 Å². The van der Waals surface area contributed by atoms with Gasteiger partial charge in [-0.05, 0) is 73.5 Å². The lowest BCUT2D eigenvalue weighted by molar-refractivity contribution is -0.0829. The first kappa shape index (κ1) is 16.1. The first-order valence-electron chi connectivity index (χ1n) is 9.48. The molecule has 8 unspecified atom stereocenters. The molecule has 4 aliphatic rings. The van der Waals surface area contributed by atoms with Crippen LogP contribution in [0.5, 0.6) is 0 Å². The fraction of sp³-hybridized carbons (Fsp3) is 0.900. The van der Waals surface area contributed by atoms with Gasteiger partial charge < -0.3 is 14.9 Å². The van der Waals surface area contributed by atoms with Gasteiger partial charge in [0.1, 0.15) is 0 Å². The van der Waals surface area contributed by atoms with Gasteiger partial charge >= 0.3 is 0 Å². The molecule has 2 N–H and O–H groups in total. The highest BCUT2D eigenvalue weighted by atomic mass is 16.5. The lowest BCUT2D eigenvalue weighted by Gasteiger charge is -2.57. The summed E-state index contributed by atoms with van der Waals surface area (Å²) in [6.45, 7) is 4.70. The summed E-state index contributed by atoms with van der Waals surface area (Å²) in [6.07, 6.45) is 9.52. The normalized spacial score (nSPS) is 55.6. The van der Waals surface area contributed by atoms with E-state index in [1.54, 1.807) is 5.57 Å². The number of aliphatic hydroxyl groups is 2. The Morgan fingerprint density at radius 1 is 1.13 bits per heavy atom. The Balaban J connectivity index is 1.65. The standard InChI is InChI=1S/C20H32O3/c1-19-8-6-13(23-3)10-12(19)4-5-14-15(19)7-9-20(2)16(14)11-17(21)18(20)22/h4,13-18,21-22H,5-11H2,1-3H3. The molecule has 0 bridgehead atoms. The molecule has 0 aromatic rings. The van der Waals surface area contributed by atoms with E-state index in [4.69, 9.17) is 4.74 Å². The molecule has 0 aromatic heterocycles. The first-order chi connectivity index (χ1) is 10.9.